The quantitative estimate of drug-likeness (QED) is 0.608. The molecule has 0 aliphatic carbocycles. The first kappa shape index (κ1) is 19.4. The average Bonchev–Trinajstić information content (AvgIpc) is 2.70. The van der Waals surface area contributed by atoms with Crippen molar-refractivity contribution in [2.75, 3.05) is 24.4 Å². The Morgan fingerprint density at radius 1 is 1.11 bits per heavy atom. The van der Waals surface area contributed by atoms with Crippen molar-refractivity contribution in [1.29, 1.82) is 0 Å². The molecule has 7 nitrogen and oxygen atoms in total. The van der Waals surface area contributed by atoms with Crippen LogP contribution < -0.4 is 20.1 Å². The minimum absolute atomic E-state index is 0.228. The third-order valence-corrected chi connectivity index (χ3v) is 4.01. The minimum Gasteiger partial charge on any atom is -0.495 e. The highest BCUT2D eigenvalue weighted by Crippen LogP contribution is 2.28. The van der Waals surface area contributed by atoms with E-state index in [1.165, 1.54) is 12.3 Å². The first-order chi connectivity index (χ1) is 13.6. The second-order valence-electron chi connectivity index (χ2n) is 5.65. The summed E-state index contributed by atoms with van der Waals surface area (Å²) in [6.07, 6.45) is 1.51. The number of halogens is 1. The van der Waals surface area contributed by atoms with Gasteiger partial charge in [-0.2, -0.15) is 0 Å². The van der Waals surface area contributed by atoms with Gasteiger partial charge < -0.3 is 20.1 Å². The van der Waals surface area contributed by atoms with Crippen molar-refractivity contribution in [3.05, 3.63) is 65.4 Å². The van der Waals surface area contributed by atoms with Crippen molar-refractivity contribution in [3.8, 4) is 11.5 Å². The van der Waals surface area contributed by atoms with E-state index >= 15 is 0 Å². The molecule has 144 valence electrons. The predicted octanol–water partition coefficient (Wildman–Crippen LogP) is 4.53. The summed E-state index contributed by atoms with van der Waals surface area (Å²) in [5.41, 5.74) is 1.55. The molecule has 0 atom stereocenters. The van der Waals surface area contributed by atoms with Crippen LogP contribution in [-0.2, 0) is 0 Å². The van der Waals surface area contributed by atoms with Crippen molar-refractivity contribution >= 4 is 34.8 Å². The molecule has 0 saturated carbocycles. The molecule has 2 N–H and O–H groups in total. The second-order valence-corrected chi connectivity index (χ2v) is 6.06. The van der Waals surface area contributed by atoms with E-state index in [0.29, 0.717) is 28.8 Å². The molecule has 0 saturated heterocycles. The summed E-state index contributed by atoms with van der Waals surface area (Å²) in [7, 11) is 1.55. The Balaban J connectivity index is 1.69. The molecule has 0 aliphatic heterocycles. The van der Waals surface area contributed by atoms with Gasteiger partial charge in [0.15, 0.2) is 0 Å². The maximum atomic E-state index is 12.5. The van der Waals surface area contributed by atoms with Crippen LogP contribution in [-0.4, -0.2) is 29.6 Å². The molecule has 0 bridgehead atoms. The number of nitrogens with one attached hydrogen (secondary N) is 2. The van der Waals surface area contributed by atoms with E-state index in [9.17, 15) is 4.79 Å². The number of benzene rings is 2. The van der Waals surface area contributed by atoms with Crippen LogP contribution in [0.2, 0.25) is 5.02 Å². The van der Waals surface area contributed by atoms with Gasteiger partial charge in [0.05, 0.1) is 18.7 Å². The number of amides is 1. The maximum Gasteiger partial charge on any atom is 0.274 e. The van der Waals surface area contributed by atoms with Crippen molar-refractivity contribution in [2.24, 2.45) is 0 Å². The number of rotatable bonds is 7. The van der Waals surface area contributed by atoms with Crippen LogP contribution in [0.5, 0.6) is 11.5 Å². The molecule has 3 rings (SSSR count). The fraction of sp³-hybridized carbons (Fsp3) is 0.150. The Hall–Kier alpha value is -3.32. The third kappa shape index (κ3) is 4.89. The van der Waals surface area contributed by atoms with Crippen LogP contribution in [0, 0.1) is 0 Å². The monoisotopic (exact) mass is 398 g/mol. The highest BCUT2D eigenvalue weighted by Gasteiger charge is 2.10. The van der Waals surface area contributed by atoms with Gasteiger partial charge in [0, 0.05) is 17.6 Å². The molecule has 0 fully saturated rings. The summed E-state index contributed by atoms with van der Waals surface area (Å²) in [4.78, 5) is 20.9. The molecule has 1 heterocycles. The second kappa shape index (κ2) is 9.05. The van der Waals surface area contributed by atoms with Gasteiger partial charge in [-0.05, 0) is 55.5 Å². The number of hydrogen-bond acceptors (Lipinski definition) is 6. The molecule has 1 aromatic heterocycles. The van der Waals surface area contributed by atoms with Gasteiger partial charge in [-0.1, -0.05) is 11.6 Å². The normalized spacial score (nSPS) is 10.2. The summed E-state index contributed by atoms with van der Waals surface area (Å²) in [5.74, 6) is 1.24. The van der Waals surface area contributed by atoms with E-state index in [4.69, 9.17) is 21.1 Å². The SMILES string of the molecule is CCOc1ccc(NC(=O)c2ccnc(Nc3ccc(OC)c(Cl)c3)n2)cc1. The molecule has 28 heavy (non-hydrogen) atoms. The predicted molar refractivity (Wildman–Crippen MR) is 109 cm³/mol. The average molecular weight is 399 g/mol. The Morgan fingerprint density at radius 2 is 1.86 bits per heavy atom. The van der Waals surface area contributed by atoms with Gasteiger partial charge in [0.25, 0.3) is 5.91 Å². The zero-order valence-electron chi connectivity index (χ0n) is 15.4. The smallest absolute Gasteiger partial charge is 0.274 e. The van der Waals surface area contributed by atoms with E-state index in [1.54, 1.807) is 49.6 Å². The summed E-state index contributed by atoms with van der Waals surface area (Å²) < 4.78 is 10.5. The first-order valence-electron chi connectivity index (χ1n) is 8.57. The van der Waals surface area contributed by atoms with Crippen LogP contribution in [0.25, 0.3) is 0 Å². The molecular weight excluding hydrogens is 380 g/mol. The van der Waals surface area contributed by atoms with Crippen LogP contribution in [0.1, 0.15) is 17.4 Å². The number of methoxy groups -OCH3 is 1. The fourth-order valence-electron chi connectivity index (χ4n) is 2.41. The molecule has 0 aliphatic rings. The Bertz CT molecular complexity index is 964. The number of aromatic nitrogens is 2. The number of nitrogens with zero attached hydrogens (tertiary/aromatic N) is 2. The lowest BCUT2D eigenvalue weighted by Crippen LogP contribution is -2.14. The van der Waals surface area contributed by atoms with E-state index < -0.39 is 0 Å². The lowest BCUT2D eigenvalue weighted by molar-refractivity contribution is 0.102. The van der Waals surface area contributed by atoms with Crippen LogP contribution in [0.4, 0.5) is 17.3 Å². The summed E-state index contributed by atoms with van der Waals surface area (Å²) >= 11 is 6.12. The van der Waals surface area contributed by atoms with Gasteiger partial charge >= 0.3 is 0 Å². The zero-order valence-corrected chi connectivity index (χ0v) is 16.2. The van der Waals surface area contributed by atoms with E-state index in [1.807, 2.05) is 6.92 Å². The Labute approximate surface area is 167 Å². The minimum atomic E-state index is -0.345. The molecular formula is C20H19ClN4O3. The van der Waals surface area contributed by atoms with Crippen molar-refractivity contribution in [2.45, 2.75) is 6.92 Å². The maximum absolute atomic E-state index is 12.5. The third-order valence-electron chi connectivity index (χ3n) is 3.72. The van der Waals surface area contributed by atoms with Crippen LogP contribution in [0.3, 0.4) is 0 Å². The van der Waals surface area contributed by atoms with E-state index in [2.05, 4.69) is 20.6 Å². The molecule has 0 unspecified atom stereocenters. The highest BCUT2D eigenvalue weighted by atomic mass is 35.5. The molecule has 2 aromatic carbocycles. The van der Waals surface area contributed by atoms with Gasteiger partial charge in [-0.15, -0.1) is 0 Å². The summed E-state index contributed by atoms with van der Waals surface area (Å²) in [5, 5.41) is 6.27. The Kier molecular flexibility index (Phi) is 6.29. The number of carbonyl (C=O) groups excluding carboxylic acids is 1. The van der Waals surface area contributed by atoms with E-state index in [0.717, 1.165) is 5.75 Å². The fourth-order valence-corrected chi connectivity index (χ4v) is 2.67. The molecule has 3 aromatic rings. The largest absolute Gasteiger partial charge is 0.495 e. The van der Waals surface area contributed by atoms with Gasteiger partial charge in [-0.3, -0.25) is 4.79 Å². The van der Waals surface area contributed by atoms with Crippen molar-refractivity contribution in [1.82, 2.24) is 9.97 Å². The number of hydrogen-bond donors (Lipinski definition) is 2. The van der Waals surface area contributed by atoms with Crippen LogP contribution in [0.15, 0.2) is 54.7 Å². The Morgan fingerprint density at radius 3 is 2.54 bits per heavy atom. The van der Waals surface area contributed by atoms with Crippen molar-refractivity contribution < 1.29 is 14.3 Å². The number of ether oxygens (including phenoxy) is 2. The lowest BCUT2D eigenvalue weighted by atomic mass is 10.3. The molecule has 0 radical (unpaired) electrons. The molecule has 0 spiro atoms. The molecule has 8 heteroatoms. The zero-order chi connectivity index (χ0) is 19.9. The summed E-state index contributed by atoms with van der Waals surface area (Å²) in [6, 6.07) is 13.9. The van der Waals surface area contributed by atoms with Crippen LogP contribution >= 0.6 is 11.6 Å². The van der Waals surface area contributed by atoms with Crippen molar-refractivity contribution in [3.63, 3.8) is 0 Å². The van der Waals surface area contributed by atoms with Gasteiger partial charge in [-0.25, -0.2) is 9.97 Å². The van der Waals surface area contributed by atoms with Gasteiger partial charge in [0.1, 0.15) is 17.2 Å². The van der Waals surface area contributed by atoms with E-state index in [-0.39, 0.29) is 17.5 Å². The molecule has 1 amide bonds. The number of carbonyl (C=O) groups is 1. The topological polar surface area (TPSA) is 85.4 Å². The standard InChI is InChI=1S/C20H19ClN4O3/c1-3-28-15-7-4-13(5-8-15)23-19(26)17-10-11-22-20(25-17)24-14-6-9-18(27-2)16(21)12-14/h4-12H,3H2,1-2H3,(H,23,26)(H,22,24,25). The number of anilines is 3. The first-order valence-corrected chi connectivity index (χ1v) is 8.94. The highest BCUT2D eigenvalue weighted by molar-refractivity contribution is 6.32. The summed E-state index contributed by atoms with van der Waals surface area (Å²) in [6.45, 7) is 2.50. The van der Waals surface area contributed by atoms with Gasteiger partial charge in [0.2, 0.25) is 5.95 Å². The lowest BCUT2D eigenvalue weighted by Gasteiger charge is -2.09.